The van der Waals surface area contributed by atoms with Gasteiger partial charge in [0.2, 0.25) is 0 Å². The van der Waals surface area contributed by atoms with Crippen LogP contribution < -0.4 is 10.5 Å². The van der Waals surface area contributed by atoms with Gasteiger partial charge in [0.25, 0.3) is 11.8 Å². The first-order chi connectivity index (χ1) is 15.9. The highest BCUT2D eigenvalue weighted by Gasteiger charge is 2.32. The number of carbonyl (C=O) groups is 2. The third-order valence-electron chi connectivity index (χ3n) is 5.42. The molecule has 0 spiro atoms. The standard InChI is InChI=1S/C24H19FN4O3S/c1-28-11-15(10-27-28)20-9-8-16(33-20)13-29-12-14-4-2-7-19(21(14)24(29)31)32-22-17(23(26)30)5-3-6-18(22)25/h2-11H,12-13H2,1H3,(H2,26,30). The number of nitrogens with zero attached hydrogens (tertiary/aromatic N) is 3. The minimum atomic E-state index is -0.813. The van der Waals surface area contributed by atoms with Crippen molar-refractivity contribution in [2.75, 3.05) is 0 Å². The van der Waals surface area contributed by atoms with Crippen molar-refractivity contribution in [3.63, 3.8) is 0 Å². The summed E-state index contributed by atoms with van der Waals surface area (Å²) in [5.74, 6) is -1.85. The largest absolute Gasteiger partial charge is 0.453 e. The summed E-state index contributed by atoms with van der Waals surface area (Å²) >= 11 is 1.60. The Labute approximate surface area is 192 Å². The fourth-order valence-electron chi connectivity index (χ4n) is 3.87. The number of amides is 2. The lowest BCUT2D eigenvalue weighted by Crippen LogP contribution is -2.23. The normalized spacial score (nSPS) is 12.8. The summed E-state index contributed by atoms with van der Waals surface area (Å²) in [7, 11) is 1.87. The molecule has 0 saturated carbocycles. The van der Waals surface area contributed by atoms with Gasteiger partial charge in [-0.2, -0.15) is 5.10 Å². The summed E-state index contributed by atoms with van der Waals surface area (Å²) in [5, 5.41) is 4.20. The number of halogens is 1. The average molecular weight is 463 g/mol. The van der Waals surface area contributed by atoms with Crippen LogP contribution in [0.4, 0.5) is 4.39 Å². The molecule has 2 aromatic heterocycles. The zero-order chi connectivity index (χ0) is 23.1. The van der Waals surface area contributed by atoms with Gasteiger partial charge in [-0.05, 0) is 35.9 Å². The van der Waals surface area contributed by atoms with Crippen LogP contribution in [0.3, 0.4) is 0 Å². The van der Waals surface area contributed by atoms with Crippen molar-refractivity contribution in [1.82, 2.24) is 14.7 Å². The number of thiophene rings is 1. The molecule has 0 radical (unpaired) electrons. The van der Waals surface area contributed by atoms with Gasteiger partial charge in [-0.25, -0.2) is 4.39 Å². The number of nitrogens with two attached hydrogens (primary N) is 1. The molecule has 0 fully saturated rings. The molecule has 0 aliphatic carbocycles. The van der Waals surface area contributed by atoms with Crippen molar-refractivity contribution in [3.8, 4) is 21.9 Å². The maximum absolute atomic E-state index is 14.4. The predicted molar refractivity (Wildman–Crippen MR) is 122 cm³/mol. The van der Waals surface area contributed by atoms with E-state index in [1.165, 1.54) is 18.2 Å². The van der Waals surface area contributed by atoms with Crippen molar-refractivity contribution in [1.29, 1.82) is 0 Å². The van der Waals surface area contributed by atoms with E-state index in [2.05, 4.69) is 5.10 Å². The molecule has 2 aromatic carbocycles. The van der Waals surface area contributed by atoms with Crippen molar-refractivity contribution < 1.29 is 18.7 Å². The molecule has 3 heterocycles. The number of hydrogen-bond donors (Lipinski definition) is 1. The minimum Gasteiger partial charge on any atom is -0.453 e. The van der Waals surface area contributed by atoms with Crippen LogP contribution in [0, 0.1) is 5.82 Å². The zero-order valence-electron chi connectivity index (χ0n) is 17.6. The van der Waals surface area contributed by atoms with E-state index in [-0.39, 0.29) is 23.0 Å². The third-order valence-corrected chi connectivity index (χ3v) is 6.54. The summed E-state index contributed by atoms with van der Waals surface area (Å²) < 4.78 is 21.9. The lowest BCUT2D eigenvalue weighted by atomic mass is 10.1. The van der Waals surface area contributed by atoms with Crippen molar-refractivity contribution in [2.24, 2.45) is 12.8 Å². The summed E-state index contributed by atoms with van der Waals surface area (Å²) in [5.41, 5.74) is 7.44. The number of para-hydroxylation sites is 1. The molecule has 9 heteroatoms. The number of fused-ring (bicyclic) bond motifs is 1. The molecule has 0 saturated heterocycles. The molecule has 0 bridgehead atoms. The van der Waals surface area contributed by atoms with Gasteiger partial charge in [0.05, 0.1) is 23.9 Å². The molecule has 2 amide bonds. The molecule has 4 aromatic rings. The highest BCUT2D eigenvalue weighted by molar-refractivity contribution is 7.15. The van der Waals surface area contributed by atoms with Gasteiger partial charge in [-0.15, -0.1) is 11.3 Å². The maximum Gasteiger partial charge on any atom is 0.258 e. The number of primary amides is 1. The molecule has 33 heavy (non-hydrogen) atoms. The first-order valence-electron chi connectivity index (χ1n) is 10.2. The number of aryl methyl sites for hydroxylation is 1. The topological polar surface area (TPSA) is 90.5 Å². The third kappa shape index (κ3) is 3.87. The van der Waals surface area contributed by atoms with E-state index in [1.807, 2.05) is 31.4 Å². The second-order valence-electron chi connectivity index (χ2n) is 7.70. The Bertz CT molecular complexity index is 1390. The van der Waals surface area contributed by atoms with Gasteiger partial charge >= 0.3 is 0 Å². The Morgan fingerprint density at radius 3 is 2.79 bits per heavy atom. The molecule has 0 unspecified atom stereocenters. The van der Waals surface area contributed by atoms with Gasteiger partial charge in [0.15, 0.2) is 11.6 Å². The van der Waals surface area contributed by atoms with Crippen LogP contribution in [0.5, 0.6) is 11.5 Å². The van der Waals surface area contributed by atoms with Gasteiger partial charge in [0.1, 0.15) is 5.75 Å². The highest BCUT2D eigenvalue weighted by atomic mass is 32.1. The second-order valence-corrected chi connectivity index (χ2v) is 8.87. The lowest BCUT2D eigenvalue weighted by molar-refractivity contribution is 0.0766. The fourth-order valence-corrected chi connectivity index (χ4v) is 4.87. The van der Waals surface area contributed by atoms with Crippen LogP contribution in [0.2, 0.25) is 0 Å². The maximum atomic E-state index is 14.4. The van der Waals surface area contributed by atoms with E-state index in [4.69, 9.17) is 10.5 Å². The van der Waals surface area contributed by atoms with Crippen LogP contribution >= 0.6 is 11.3 Å². The van der Waals surface area contributed by atoms with E-state index in [9.17, 15) is 14.0 Å². The number of ether oxygens (including phenoxy) is 1. The molecule has 1 aliphatic rings. The highest BCUT2D eigenvalue weighted by Crippen LogP contribution is 2.37. The molecule has 0 atom stereocenters. The molecule has 1 aliphatic heterocycles. The average Bonchev–Trinajstić information content (AvgIpc) is 3.50. The zero-order valence-corrected chi connectivity index (χ0v) is 18.4. The van der Waals surface area contributed by atoms with Gasteiger partial charge in [0, 0.05) is 35.1 Å². The Morgan fingerprint density at radius 2 is 2.03 bits per heavy atom. The number of rotatable bonds is 6. The minimum absolute atomic E-state index is 0.0866. The number of benzene rings is 2. The Kier molecular flexibility index (Phi) is 5.18. The summed E-state index contributed by atoms with van der Waals surface area (Å²) in [6.45, 7) is 0.843. The first kappa shape index (κ1) is 20.9. The first-order valence-corrected chi connectivity index (χ1v) is 11.0. The number of carbonyl (C=O) groups excluding carboxylic acids is 2. The van der Waals surface area contributed by atoms with Crippen molar-refractivity contribution in [3.05, 3.63) is 88.3 Å². The summed E-state index contributed by atoms with van der Waals surface area (Å²) in [4.78, 5) is 28.8. The molecule has 5 rings (SSSR count). The van der Waals surface area contributed by atoms with E-state index in [1.54, 1.807) is 39.2 Å². The quantitative estimate of drug-likeness (QED) is 0.462. The Morgan fingerprint density at radius 1 is 1.21 bits per heavy atom. The van der Waals surface area contributed by atoms with Crippen LogP contribution in [-0.2, 0) is 20.1 Å². The van der Waals surface area contributed by atoms with Crippen LogP contribution in [0.1, 0.15) is 31.2 Å². The second kappa shape index (κ2) is 8.18. The fraction of sp³-hybridized carbons (Fsp3) is 0.125. The van der Waals surface area contributed by atoms with Crippen LogP contribution in [0.25, 0.3) is 10.4 Å². The molecule has 2 N–H and O–H groups in total. The molecule has 166 valence electrons. The Balaban J connectivity index is 1.40. The van der Waals surface area contributed by atoms with E-state index < -0.39 is 11.7 Å². The molecular weight excluding hydrogens is 443 g/mol. The Hall–Kier alpha value is -3.98. The predicted octanol–water partition coefficient (Wildman–Crippen LogP) is 4.33. The van der Waals surface area contributed by atoms with Gasteiger partial charge in [-0.3, -0.25) is 14.3 Å². The molecular formula is C24H19FN4O3S. The SMILES string of the molecule is Cn1cc(-c2ccc(CN3Cc4cccc(Oc5c(F)cccc5C(N)=O)c4C3=O)s2)cn1. The van der Waals surface area contributed by atoms with Gasteiger partial charge < -0.3 is 15.4 Å². The number of hydrogen-bond acceptors (Lipinski definition) is 5. The summed E-state index contributed by atoms with van der Waals surface area (Å²) in [6.07, 6.45) is 3.75. The molecule has 7 nitrogen and oxygen atoms in total. The summed E-state index contributed by atoms with van der Waals surface area (Å²) in [6, 6.07) is 13.1. The van der Waals surface area contributed by atoms with Crippen LogP contribution in [-0.4, -0.2) is 26.5 Å². The van der Waals surface area contributed by atoms with E-state index >= 15 is 0 Å². The van der Waals surface area contributed by atoms with E-state index in [0.717, 1.165) is 20.9 Å². The van der Waals surface area contributed by atoms with Gasteiger partial charge in [-0.1, -0.05) is 18.2 Å². The lowest BCUT2D eigenvalue weighted by Gasteiger charge is -2.15. The van der Waals surface area contributed by atoms with Crippen molar-refractivity contribution >= 4 is 23.2 Å². The van der Waals surface area contributed by atoms with Crippen molar-refractivity contribution in [2.45, 2.75) is 13.1 Å². The monoisotopic (exact) mass is 462 g/mol. The smallest absolute Gasteiger partial charge is 0.258 e. The van der Waals surface area contributed by atoms with Crippen LogP contribution in [0.15, 0.2) is 60.9 Å². The van der Waals surface area contributed by atoms with E-state index in [0.29, 0.717) is 18.7 Å². The number of aromatic nitrogens is 2.